The van der Waals surface area contributed by atoms with Crippen molar-refractivity contribution in [2.24, 2.45) is 5.92 Å². The van der Waals surface area contributed by atoms with Crippen LogP contribution in [0.4, 0.5) is 10.5 Å². The lowest BCUT2D eigenvalue weighted by Crippen LogP contribution is -2.44. The molecule has 0 saturated heterocycles. The first-order valence-electron chi connectivity index (χ1n) is 7.51. The van der Waals surface area contributed by atoms with Crippen molar-refractivity contribution in [2.45, 2.75) is 45.1 Å². The monoisotopic (exact) mass is 290 g/mol. The minimum absolute atomic E-state index is 0.100. The Morgan fingerprint density at radius 1 is 1.24 bits per heavy atom. The maximum absolute atomic E-state index is 12.1. The van der Waals surface area contributed by atoms with Crippen molar-refractivity contribution in [3.63, 3.8) is 0 Å². The van der Waals surface area contributed by atoms with Gasteiger partial charge in [-0.25, -0.2) is 9.59 Å². The standard InChI is InChI=1S/C16H22N2O3/c1-2-11-7-3-5-9-13(11)17-16(21)18-14-10-6-4-8-12(14)15(19)20/h4,6,8,10-11,13H,2-3,5,7,9H2,1H3,(H,19,20)(H2,17,18,21). The van der Waals surface area contributed by atoms with Gasteiger partial charge in [0.05, 0.1) is 11.3 Å². The number of amides is 2. The smallest absolute Gasteiger partial charge is 0.337 e. The Labute approximate surface area is 124 Å². The zero-order valence-corrected chi connectivity index (χ0v) is 12.3. The van der Waals surface area contributed by atoms with Crippen molar-refractivity contribution >= 4 is 17.7 Å². The molecule has 2 atom stereocenters. The summed E-state index contributed by atoms with van der Waals surface area (Å²) in [6.07, 6.45) is 5.55. The molecule has 1 aliphatic carbocycles. The minimum Gasteiger partial charge on any atom is -0.478 e. The molecule has 0 spiro atoms. The summed E-state index contributed by atoms with van der Waals surface area (Å²) in [4.78, 5) is 23.2. The highest BCUT2D eigenvalue weighted by Crippen LogP contribution is 2.27. The number of urea groups is 1. The van der Waals surface area contributed by atoms with E-state index in [1.807, 2.05) is 0 Å². The van der Waals surface area contributed by atoms with E-state index in [4.69, 9.17) is 5.11 Å². The van der Waals surface area contributed by atoms with Crippen molar-refractivity contribution in [1.29, 1.82) is 0 Å². The lowest BCUT2D eigenvalue weighted by Gasteiger charge is -2.31. The number of carboxylic acid groups (broad SMARTS) is 1. The third-order valence-corrected chi connectivity index (χ3v) is 4.16. The van der Waals surface area contributed by atoms with Gasteiger partial charge < -0.3 is 15.7 Å². The number of hydrogen-bond donors (Lipinski definition) is 3. The van der Waals surface area contributed by atoms with Crippen LogP contribution in [-0.4, -0.2) is 23.1 Å². The third kappa shape index (κ3) is 3.97. The highest BCUT2D eigenvalue weighted by molar-refractivity contribution is 6.00. The lowest BCUT2D eigenvalue weighted by molar-refractivity contribution is 0.0698. The molecule has 2 amide bonds. The number of hydrogen-bond acceptors (Lipinski definition) is 2. The molecule has 0 bridgehead atoms. The summed E-state index contributed by atoms with van der Waals surface area (Å²) in [7, 11) is 0. The quantitative estimate of drug-likeness (QED) is 0.794. The number of para-hydroxylation sites is 1. The van der Waals surface area contributed by atoms with Crippen molar-refractivity contribution < 1.29 is 14.7 Å². The van der Waals surface area contributed by atoms with Gasteiger partial charge in [-0.2, -0.15) is 0 Å². The first kappa shape index (κ1) is 15.4. The van der Waals surface area contributed by atoms with Crippen LogP contribution in [0.25, 0.3) is 0 Å². The topological polar surface area (TPSA) is 78.4 Å². The van der Waals surface area contributed by atoms with Crippen LogP contribution >= 0.6 is 0 Å². The molecule has 0 radical (unpaired) electrons. The summed E-state index contributed by atoms with van der Waals surface area (Å²) in [5.74, 6) is -0.533. The Kier molecular flexibility index (Phi) is 5.20. The predicted molar refractivity (Wildman–Crippen MR) is 81.6 cm³/mol. The third-order valence-electron chi connectivity index (χ3n) is 4.16. The summed E-state index contributed by atoms with van der Waals surface area (Å²) >= 11 is 0. The number of nitrogens with one attached hydrogen (secondary N) is 2. The van der Waals surface area contributed by atoms with Crippen LogP contribution in [-0.2, 0) is 0 Å². The van der Waals surface area contributed by atoms with E-state index in [9.17, 15) is 9.59 Å². The molecule has 5 heteroatoms. The van der Waals surface area contributed by atoms with Crippen LogP contribution in [0, 0.1) is 5.92 Å². The van der Waals surface area contributed by atoms with Crippen LogP contribution in [0.5, 0.6) is 0 Å². The van der Waals surface area contributed by atoms with Crippen LogP contribution in [0.15, 0.2) is 24.3 Å². The van der Waals surface area contributed by atoms with Gasteiger partial charge in [0.15, 0.2) is 0 Å². The molecule has 0 heterocycles. The van der Waals surface area contributed by atoms with Crippen LogP contribution in [0.2, 0.25) is 0 Å². The normalized spacial score (nSPS) is 21.6. The molecular formula is C16H22N2O3. The van der Waals surface area contributed by atoms with Crippen molar-refractivity contribution in [3.8, 4) is 0 Å². The second-order valence-electron chi connectivity index (χ2n) is 5.51. The number of carbonyl (C=O) groups is 2. The molecule has 0 aliphatic heterocycles. The Balaban J connectivity index is 2.00. The van der Waals surface area contributed by atoms with E-state index in [2.05, 4.69) is 17.6 Å². The van der Waals surface area contributed by atoms with E-state index in [0.29, 0.717) is 11.6 Å². The van der Waals surface area contributed by atoms with E-state index in [1.54, 1.807) is 18.2 Å². The van der Waals surface area contributed by atoms with Gasteiger partial charge in [0, 0.05) is 6.04 Å². The zero-order valence-electron chi connectivity index (χ0n) is 12.3. The predicted octanol–water partition coefficient (Wildman–Crippen LogP) is 3.48. The summed E-state index contributed by atoms with van der Waals surface area (Å²) in [5, 5.41) is 14.8. The molecule has 1 aliphatic rings. The lowest BCUT2D eigenvalue weighted by atomic mass is 9.83. The number of benzene rings is 1. The Bertz CT molecular complexity index is 516. The van der Waals surface area contributed by atoms with Crippen LogP contribution in [0.3, 0.4) is 0 Å². The van der Waals surface area contributed by atoms with E-state index in [-0.39, 0.29) is 17.6 Å². The van der Waals surface area contributed by atoms with Gasteiger partial charge in [-0.3, -0.25) is 0 Å². The largest absolute Gasteiger partial charge is 0.478 e. The van der Waals surface area contributed by atoms with Crippen LogP contribution < -0.4 is 10.6 Å². The molecule has 5 nitrogen and oxygen atoms in total. The molecule has 2 unspecified atom stereocenters. The van der Waals surface area contributed by atoms with E-state index >= 15 is 0 Å². The van der Waals surface area contributed by atoms with Gasteiger partial charge >= 0.3 is 12.0 Å². The van der Waals surface area contributed by atoms with Gasteiger partial charge in [-0.15, -0.1) is 0 Å². The van der Waals surface area contributed by atoms with Gasteiger partial charge in [0.25, 0.3) is 0 Å². The number of carboxylic acids is 1. The number of aromatic carboxylic acids is 1. The van der Waals surface area contributed by atoms with Gasteiger partial charge in [0.1, 0.15) is 0 Å². The zero-order chi connectivity index (χ0) is 15.2. The summed E-state index contributed by atoms with van der Waals surface area (Å²) in [6.45, 7) is 2.14. The maximum Gasteiger partial charge on any atom is 0.337 e. The fourth-order valence-corrected chi connectivity index (χ4v) is 2.99. The van der Waals surface area contributed by atoms with Gasteiger partial charge in [0.2, 0.25) is 0 Å². The molecule has 1 aromatic rings. The summed E-state index contributed by atoms with van der Waals surface area (Å²) < 4.78 is 0. The average Bonchev–Trinajstić information content (AvgIpc) is 2.48. The Morgan fingerprint density at radius 2 is 1.95 bits per heavy atom. The SMILES string of the molecule is CCC1CCCCC1NC(=O)Nc1ccccc1C(=O)O. The van der Waals surface area contributed by atoms with E-state index < -0.39 is 5.97 Å². The fourth-order valence-electron chi connectivity index (χ4n) is 2.99. The Morgan fingerprint density at radius 3 is 2.67 bits per heavy atom. The number of anilines is 1. The number of rotatable bonds is 4. The first-order chi connectivity index (χ1) is 10.1. The van der Waals surface area contributed by atoms with E-state index in [0.717, 1.165) is 25.7 Å². The van der Waals surface area contributed by atoms with Crippen molar-refractivity contribution in [3.05, 3.63) is 29.8 Å². The molecule has 114 valence electrons. The van der Waals surface area contributed by atoms with Crippen molar-refractivity contribution in [2.75, 3.05) is 5.32 Å². The molecule has 1 fully saturated rings. The highest BCUT2D eigenvalue weighted by Gasteiger charge is 2.25. The molecule has 0 aromatic heterocycles. The second kappa shape index (κ2) is 7.11. The highest BCUT2D eigenvalue weighted by atomic mass is 16.4. The fraction of sp³-hybridized carbons (Fsp3) is 0.500. The van der Waals surface area contributed by atoms with Crippen molar-refractivity contribution in [1.82, 2.24) is 5.32 Å². The molecule has 1 aromatic carbocycles. The van der Waals surface area contributed by atoms with Gasteiger partial charge in [-0.05, 0) is 30.9 Å². The number of carbonyl (C=O) groups excluding carboxylic acids is 1. The first-order valence-corrected chi connectivity index (χ1v) is 7.51. The van der Waals surface area contributed by atoms with Gasteiger partial charge in [-0.1, -0.05) is 38.3 Å². The molecular weight excluding hydrogens is 268 g/mol. The molecule has 3 N–H and O–H groups in total. The minimum atomic E-state index is -1.05. The average molecular weight is 290 g/mol. The molecule has 1 saturated carbocycles. The molecule has 2 rings (SSSR count). The molecule has 21 heavy (non-hydrogen) atoms. The maximum atomic E-state index is 12.1. The summed E-state index contributed by atoms with van der Waals surface area (Å²) in [5.41, 5.74) is 0.426. The van der Waals surface area contributed by atoms with Crippen LogP contribution in [0.1, 0.15) is 49.4 Å². The van der Waals surface area contributed by atoms with E-state index in [1.165, 1.54) is 12.5 Å². The second-order valence-corrected chi connectivity index (χ2v) is 5.51. The summed E-state index contributed by atoms with van der Waals surface area (Å²) in [6, 6.07) is 6.28. The Hall–Kier alpha value is -2.04.